The van der Waals surface area contributed by atoms with Crippen LogP contribution >= 0.6 is 46.4 Å². The zero-order valence-corrected chi connectivity index (χ0v) is 12.1. The highest BCUT2D eigenvalue weighted by Crippen LogP contribution is 2.18. The molecule has 0 unspecified atom stereocenters. The van der Waals surface area contributed by atoms with Gasteiger partial charge in [-0.2, -0.15) is 0 Å². The van der Waals surface area contributed by atoms with Crippen LogP contribution in [0.1, 0.15) is 5.56 Å². The van der Waals surface area contributed by atoms with Gasteiger partial charge in [0.1, 0.15) is 0 Å². The molecule has 0 amide bonds. The Kier molecular flexibility index (Phi) is 6.15. The summed E-state index contributed by atoms with van der Waals surface area (Å²) in [5.74, 6) is 0. The quantitative estimate of drug-likeness (QED) is 0.536. The van der Waals surface area contributed by atoms with Gasteiger partial charge in [0, 0.05) is 20.1 Å². The Bertz CT molecular complexity index is 456. The van der Waals surface area contributed by atoms with Crippen molar-refractivity contribution in [2.75, 3.05) is 0 Å². The largest absolute Gasteiger partial charge is 0.0843 e. The van der Waals surface area contributed by atoms with Crippen molar-refractivity contribution < 1.29 is 0 Å². The van der Waals surface area contributed by atoms with E-state index in [4.69, 9.17) is 46.4 Å². The number of hydrogen-bond acceptors (Lipinski definition) is 0. The average Bonchev–Trinajstić information content (AvgIpc) is 2.29. The van der Waals surface area contributed by atoms with Crippen molar-refractivity contribution in [3.05, 3.63) is 68.1 Å². The first-order valence-electron chi connectivity index (χ1n) is 4.82. The fraction of sp³-hybridized carbons (Fsp3) is 0.0769. The van der Waals surface area contributed by atoms with Gasteiger partial charge in [-0.25, -0.2) is 0 Å². The van der Waals surface area contributed by atoms with Gasteiger partial charge in [-0.05, 0) is 55.0 Å². The first-order chi connectivity index (χ1) is 7.99. The highest BCUT2D eigenvalue weighted by molar-refractivity contribution is 6.33. The van der Waals surface area contributed by atoms with Crippen LogP contribution in [0.5, 0.6) is 0 Å². The summed E-state index contributed by atoms with van der Waals surface area (Å²) >= 11 is 22.5. The van der Waals surface area contributed by atoms with Crippen LogP contribution < -0.4 is 0 Å². The lowest BCUT2D eigenvalue weighted by Crippen LogP contribution is -1.72. The second-order valence-electron chi connectivity index (χ2n) is 3.33. The molecule has 2 aromatic rings. The van der Waals surface area contributed by atoms with E-state index >= 15 is 0 Å². The third kappa shape index (κ3) is 5.65. The third-order valence-corrected chi connectivity index (χ3v) is 3.09. The van der Waals surface area contributed by atoms with Gasteiger partial charge in [0.05, 0.1) is 0 Å². The summed E-state index contributed by atoms with van der Waals surface area (Å²) in [7, 11) is 0. The van der Waals surface area contributed by atoms with Crippen LogP contribution in [0.3, 0.4) is 0 Å². The van der Waals surface area contributed by atoms with Gasteiger partial charge >= 0.3 is 0 Å². The number of rotatable bonds is 0. The normalized spacial score (nSPS) is 9.47. The standard InChI is InChI=1S/C7H6Cl2.C6H4Cl2/c1-5-4-6(8)2-3-7(5)9;7-5-1-2-6(8)4-3-5/h2-4H,1H3;1-4H. The zero-order chi connectivity index (χ0) is 12.8. The highest BCUT2D eigenvalue weighted by atomic mass is 35.5. The van der Waals surface area contributed by atoms with E-state index in [1.807, 2.05) is 13.0 Å². The lowest BCUT2D eigenvalue weighted by Gasteiger charge is -1.94. The molecule has 0 saturated heterocycles. The number of hydrogen-bond donors (Lipinski definition) is 0. The van der Waals surface area contributed by atoms with E-state index in [2.05, 4.69) is 0 Å². The van der Waals surface area contributed by atoms with E-state index in [1.54, 1.807) is 36.4 Å². The van der Waals surface area contributed by atoms with Crippen LogP contribution in [0.2, 0.25) is 20.1 Å². The van der Waals surface area contributed by atoms with E-state index < -0.39 is 0 Å². The first-order valence-corrected chi connectivity index (χ1v) is 6.33. The summed E-state index contributed by atoms with van der Waals surface area (Å²) in [6.07, 6.45) is 0. The zero-order valence-electron chi connectivity index (χ0n) is 9.05. The predicted molar refractivity (Wildman–Crippen MR) is 77.7 cm³/mol. The molecule has 0 saturated carbocycles. The molecule has 0 bridgehead atoms. The first kappa shape index (κ1) is 14.7. The maximum atomic E-state index is 5.72. The molecular weight excluding hydrogens is 298 g/mol. The Balaban J connectivity index is 0.000000171. The molecule has 0 aromatic heterocycles. The molecule has 4 heteroatoms. The fourth-order valence-corrected chi connectivity index (χ4v) is 1.63. The fourth-order valence-electron chi connectivity index (χ4n) is 1.04. The summed E-state index contributed by atoms with van der Waals surface area (Å²) in [5.41, 5.74) is 1.02. The molecule has 0 aliphatic heterocycles. The lowest BCUT2D eigenvalue weighted by molar-refractivity contribution is 1.47. The van der Waals surface area contributed by atoms with Crippen LogP contribution in [0.25, 0.3) is 0 Å². The minimum absolute atomic E-state index is 0.717. The second kappa shape index (κ2) is 7.13. The van der Waals surface area contributed by atoms with Crippen LogP contribution in [-0.4, -0.2) is 0 Å². The van der Waals surface area contributed by atoms with E-state index in [9.17, 15) is 0 Å². The lowest BCUT2D eigenvalue weighted by atomic mass is 10.2. The average molecular weight is 308 g/mol. The van der Waals surface area contributed by atoms with Crippen molar-refractivity contribution in [3.63, 3.8) is 0 Å². The SMILES string of the molecule is Cc1cc(Cl)ccc1Cl.Clc1ccc(Cl)cc1. The van der Waals surface area contributed by atoms with Crippen LogP contribution in [0.4, 0.5) is 0 Å². The summed E-state index contributed by atoms with van der Waals surface area (Å²) < 4.78 is 0. The summed E-state index contributed by atoms with van der Waals surface area (Å²) in [6.45, 7) is 1.92. The molecule has 90 valence electrons. The van der Waals surface area contributed by atoms with Crippen molar-refractivity contribution in [1.82, 2.24) is 0 Å². The van der Waals surface area contributed by atoms with Crippen molar-refractivity contribution in [3.8, 4) is 0 Å². The van der Waals surface area contributed by atoms with Crippen LogP contribution in [0.15, 0.2) is 42.5 Å². The molecule has 0 heterocycles. The molecule has 0 aliphatic carbocycles. The van der Waals surface area contributed by atoms with E-state index in [0.29, 0.717) is 0 Å². The molecule has 0 nitrogen and oxygen atoms in total. The van der Waals surface area contributed by atoms with Gasteiger partial charge in [0.2, 0.25) is 0 Å². The van der Waals surface area contributed by atoms with Crippen molar-refractivity contribution >= 4 is 46.4 Å². The molecular formula is C13H10Cl4. The Morgan fingerprint density at radius 3 is 1.41 bits per heavy atom. The minimum atomic E-state index is 0.717. The van der Waals surface area contributed by atoms with Gasteiger partial charge in [-0.3, -0.25) is 0 Å². The second-order valence-corrected chi connectivity index (χ2v) is 5.05. The molecule has 0 fully saturated rings. The number of benzene rings is 2. The number of halogens is 4. The third-order valence-electron chi connectivity index (χ3n) is 1.92. The summed E-state index contributed by atoms with van der Waals surface area (Å²) in [5, 5.41) is 2.93. The minimum Gasteiger partial charge on any atom is -0.0843 e. The van der Waals surface area contributed by atoms with Gasteiger partial charge in [-0.1, -0.05) is 46.4 Å². The summed E-state index contributed by atoms with van der Waals surface area (Å²) in [6, 6.07) is 12.4. The van der Waals surface area contributed by atoms with Gasteiger partial charge in [0.15, 0.2) is 0 Å². The van der Waals surface area contributed by atoms with Gasteiger partial charge in [0.25, 0.3) is 0 Å². The van der Waals surface area contributed by atoms with E-state index in [1.165, 1.54) is 0 Å². The molecule has 0 spiro atoms. The van der Waals surface area contributed by atoms with Crippen LogP contribution in [0, 0.1) is 6.92 Å². The van der Waals surface area contributed by atoms with Crippen molar-refractivity contribution in [2.24, 2.45) is 0 Å². The smallest absolute Gasteiger partial charge is 0.0436 e. The number of aryl methyl sites for hydroxylation is 1. The Hall–Kier alpha value is -0.400. The van der Waals surface area contributed by atoms with E-state index in [0.717, 1.165) is 25.7 Å². The van der Waals surface area contributed by atoms with E-state index in [-0.39, 0.29) is 0 Å². The molecule has 0 radical (unpaired) electrons. The molecule has 2 aromatic carbocycles. The van der Waals surface area contributed by atoms with Crippen molar-refractivity contribution in [2.45, 2.75) is 6.92 Å². The molecule has 0 N–H and O–H groups in total. The monoisotopic (exact) mass is 306 g/mol. The predicted octanol–water partition coefficient (Wildman–Crippen LogP) is 6.30. The van der Waals surface area contributed by atoms with Gasteiger partial charge < -0.3 is 0 Å². The Labute approximate surface area is 121 Å². The van der Waals surface area contributed by atoms with Gasteiger partial charge in [-0.15, -0.1) is 0 Å². The summed E-state index contributed by atoms with van der Waals surface area (Å²) in [4.78, 5) is 0. The molecule has 0 atom stereocenters. The Morgan fingerprint density at radius 1 is 0.647 bits per heavy atom. The molecule has 2 rings (SSSR count). The topological polar surface area (TPSA) is 0 Å². The maximum absolute atomic E-state index is 5.72. The Morgan fingerprint density at radius 2 is 1.06 bits per heavy atom. The van der Waals surface area contributed by atoms with Crippen LogP contribution in [-0.2, 0) is 0 Å². The van der Waals surface area contributed by atoms with Crippen molar-refractivity contribution in [1.29, 1.82) is 0 Å². The highest BCUT2D eigenvalue weighted by Gasteiger charge is 1.92. The maximum Gasteiger partial charge on any atom is 0.0436 e. The molecule has 17 heavy (non-hydrogen) atoms. The molecule has 0 aliphatic rings.